The minimum absolute atomic E-state index is 0.583. The molecule has 0 aromatic heterocycles. The van der Waals surface area contributed by atoms with E-state index in [0.717, 1.165) is 38.5 Å². The Morgan fingerprint density at radius 3 is 1.21 bits per heavy atom. The average Bonchev–Trinajstić information content (AvgIpc) is 2.71. The molecule has 0 saturated carbocycles. The second-order valence-corrected chi connectivity index (χ2v) is 6.28. The number of aliphatic imine (C=N–C) groups is 4. The quantitative estimate of drug-likeness (QED) is 0.266. The van der Waals surface area contributed by atoms with Crippen molar-refractivity contribution in [3.8, 4) is 0 Å². The highest BCUT2D eigenvalue weighted by Crippen LogP contribution is 2.25. The van der Waals surface area contributed by atoms with Crippen LogP contribution in [0.1, 0.15) is 77.0 Å². The summed E-state index contributed by atoms with van der Waals surface area (Å²) < 4.78 is 0. The number of hydrogen-bond acceptors (Lipinski definition) is 8. The normalized spacial score (nSPS) is 12.3. The number of hydrogen-bond donors (Lipinski definition) is 0. The Balaban J connectivity index is 0.000000540. The van der Waals surface area contributed by atoms with Crippen molar-refractivity contribution >= 4 is 24.3 Å². The molecule has 0 saturated heterocycles. The Kier molecular flexibility index (Phi) is 18.6. The minimum atomic E-state index is 0.583. The highest BCUT2D eigenvalue weighted by Gasteiger charge is 2.11. The van der Waals surface area contributed by atoms with Crippen LogP contribution < -0.4 is 0 Å². The van der Waals surface area contributed by atoms with Gasteiger partial charge in [-0.25, -0.2) is 29.2 Å². The molecule has 0 heterocycles. The predicted octanol–water partition coefficient (Wildman–Crippen LogP) is 4.22. The van der Waals surface area contributed by atoms with Crippen molar-refractivity contribution in [2.45, 2.75) is 77.0 Å². The lowest BCUT2D eigenvalue weighted by Gasteiger charge is -2.10. The number of unbranched alkanes of at least 4 members (excludes halogenated alkanes) is 7. The predicted molar refractivity (Wildman–Crippen MR) is 105 cm³/mol. The van der Waals surface area contributed by atoms with E-state index < -0.39 is 0 Å². The third-order valence-electron chi connectivity index (χ3n) is 4.19. The van der Waals surface area contributed by atoms with Crippen LogP contribution in [0, 0.1) is 0 Å². The van der Waals surface area contributed by atoms with Crippen LogP contribution in [0.5, 0.6) is 0 Å². The van der Waals surface area contributed by atoms with Crippen molar-refractivity contribution < 1.29 is 19.2 Å². The molecule has 0 spiro atoms. The molecule has 28 heavy (non-hydrogen) atoms. The van der Waals surface area contributed by atoms with Crippen LogP contribution in [0.25, 0.3) is 0 Å². The van der Waals surface area contributed by atoms with Crippen LogP contribution in [0.15, 0.2) is 31.4 Å². The first-order valence-corrected chi connectivity index (χ1v) is 9.75. The van der Waals surface area contributed by atoms with Gasteiger partial charge in [0.05, 0.1) is 24.5 Å². The van der Waals surface area contributed by atoms with E-state index in [0.29, 0.717) is 37.3 Å². The number of carbonyl (C=O) groups excluding carboxylic acids is 4. The standard InChI is InChI=1S/C12H20N2O2.C8H8N2O2/c15-11-13-9-7-5-3-1-2-4-6-8-10-14-12-16;11-5-9-7-3-1-2-4-8(7)10-6-12/h1-10H2;1-4H2. The Labute approximate surface area is 165 Å². The molecular weight excluding hydrogens is 360 g/mol. The van der Waals surface area contributed by atoms with Gasteiger partial charge >= 0.3 is 0 Å². The first-order chi connectivity index (χ1) is 13.8. The third-order valence-corrected chi connectivity index (χ3v) is 4.19. The fourth-order valence-corrected chi connectivity index (χ4v) is 2.76. The zero-order valence-electron chi connectivity index (χ0n) is 16.3. The Hall–Kier alpha value is -2.74. The molecule has 1 aliphatic rings. The van der Waals surface area contributed by atoms with Gasteiger partial charge in [0.2, 0.25) is 24.3 Å². The Bertz CT molecular complexity index is 593. The van der Waals surface area contributed by atoms with Gasteiger partial charge in [0.1, 0.15) is 0 Å². The monoisotopic (exact) mass is 388 g/mol. The first-order valence-electron chi connectivity index (χ1n) is 9.75. The molecule has 0 atom stereocenters. The molecule has 152 valence electrons. The summed E-state index contributed by atoms with van der Waals surface area (Å²) in [6, 6.07) is 0. The molecule has 1 rings (SSSR count). The largest absolute Gasteiger partial charge is 0.240 e. The molecule has 0 unspecified atom stereocenters. The van der Waals surface area contributed by atoms with Gasteiger partial charge in [0, 0.05) is 0 Å². The van der Waals surface area contributed by atoms with E-state index in [4.69, 9.17) is 0 Å². The smallest absolute Gasteiger partial charge is 0.211 e. The summed E-state index contributed by atoms with van der Waals surface area (Å²) in [6.07, 6.45) is 18.5. The summed E-state index contributed by atoms with van der Waals surface area (Å²) in [4.78, 5) is 53.4. The van der Waals surface area contributed by atoms with Crippen LogP contribution in [0.2, 0.25) is 0 Å². The van der Waals surface area contributed by atoms with E-state index >= 15 is 0 Å². The second-order valence-electron chi connectivity index (χ2n) is 6.28. The molecule has 0 aliphatic heterocycles. The third kappa shape index (κ3) is 15.5. The molecule has 0 amide bonds. The first kappa shape index (κ1) is 25.3. The van der Waals surface area contributed by atoms with Crippen LogP contribution >= 0.6 is 0 Å². The topological polar surface area (TPSA) is 118 Å². The zero-order valence-corrected chi connectivity index (χ0v) is 16.3. The maximum absolute atomic E-state index is 9.96. The molecule has 8 nitrogen and oxygen atoms in total. The molecule has 0 bridgehead atoms. The van der Waals surface area contributed by atoms with Gasteiger partial charge in [0.25, 0.3) is 0 Å². The average molecular weight is 388 g/mol. The molecule has 0 fully saturated rings. The summed E-state index contributed by atoms with van der Waals surface area (Å²) in [7, 11) is 0. The van der Waals surface area contributed by atoms with Gasteiger partial charge in [0.15, 0.2) is 0 Å². The fourth-order valence-electron chi connectivity index (χ4n) is 2.76. The van der Waals surface area contributed by atoms with E-state index in [1.54, 1.807) is 12.2 Å². The molecule has 8 heteroatoms. The van der Waals surface area contributed by atoms with Crippen molar-refractivity contribution in [3.63, 3.8) is 0 Å². The van der Waals surface area contributed by atoms with Gasteiger partial charge in [-0.3, -0.25) is 0 Å². The zero-order chi connectivity index (χ0) is 20.7. The summed E-state index contributed by atoms with van der Waals surface area (Å²) >= 11 is 0. The summed E-state index contributed by atoms with van der Waals surface area (Å²) in [5.74, 6) is 0. The molecule has 0 aromatic carbocycles. The molecule has 0 aromatic rings. The van der Waals surface area contributed by atoms with Crippen LogP contribution in [-0.4, -0.2) is 37.4 Å². The van der Waals surface area contributed by atoms with Gasteiger partial charge in [-0.1, -0.05) is 38.5 Å². The Morgan fingerprint density at radius 1 is 0.536 bits per heavy atom. The number of rotatable bonds is 13. The molecule has 0 N–H and O–H groups in total. The lowest BCUT2D eigenvalue weighted by Crippen LogP contribution is -1.95. The lowest BCUT2D eigenvalue weighted by atomic mass is 10.0. The van der Waals surface area contributed by atoms with Crippen molar-refractivity contribution in [1.82, 2.24) is 0 Å². The number of nitrogens with zero attached hydrogens (tertiary/aromatic N) is 4. The summed E-state index contributed by atoms with van der Waals surface area (Å²) in [5, 5.41) is 0. The van der Waals surface area contributed by atoms with E-state index in [9.17, 15) is 19.2 Å². The minimum Gasteiger partial charge on any atom is -0.211 e. The van der Waals surface area contributed by atoms with Crippen molar-refractivity contribution in [2.24, 2.45) is 20.0 Å². The highest BCUT2D eigenvalue weighted by atomic mass is 16.1. The summed E-state index contributed by atoms with van der Waals surface area (Å²) in [6.45, 7) is 1.24. The van der Waals surface area contributed by atoms with E-state index in [1.165, 1.54) is 37.8 Å². The maximum Gasteiger partial charge on any atom is 0.240 e. The van der Waals surface area contributed by atoms with Gasteiger partial charge in [-0.15, -0.1) is 0 Å². The van der Waals surface area contributed by atoms with Gasteiger partial charge < -0.3 is 0 Å². The highest BCUT2D eigenvalue weighted by molar-refractivity contribution is 5.42. The molecular formula is C20H28N4O4. The number of isocyanates is 4. The SMILES string of the molecule is O=C=NC1=C(N=C=O)CCCC1.O=C=NCCCCCCCCCCN=C=O. The van der Waals surface area contributed by atoms with Crippen molar-refractivity contribution in [1.29, 1.82) is 0 Å². The number of allylic oxidation sites excluding steroid dienone is 2. The lowest BCUT2D eigenvalue weighted by molar-refractivity contribution is 0.553. The van der Waals surface area contributed by atoms with E-state index in [-0.39, 0.29) is 0 Å². The van der Waals surface area contributed by atoms with Crippen LogP contribution in [0.3, 0.4) is 0 Å². The summed E-state index contributed by atoms with van der Waals surface area (Å²) in [5.41, 5.74) is 1.17. The fraction of sp³-hybridized carbons (Fsp3) is 0.700. The Morgan fingerprint density at radius 2 is 0.893 bits per heavy atom. The maximum atomic E-state index is 9.96. The molecule has 0 radical (unpaired) electrons. The van der Waals surface area contributed by atoms with Crippen molar-refractivity contribution in [2.75, 3.05) is 13.1 Å². The van der Waals surface area contributed by atoms with Gasteiger partial charge in [-0.05, 0) is 38.5 Å². The van der Waals surface area contributed by atoms with E-state index in [1.807, 2.05) is 0 Å². The van der Waals surface area contributed by atoms with E-state index in [2.05, 4.69) is 20.0 Å². The molecule has 1 aliphatic carbocycles. The van der Waals surface area contributed by atoms with Crippen LogP contribution in [-0.2, 0) is 19.2 Å². The van der Waals surface area contributed by atoms with Gasteiger partial charge in [-0.2, -0.15) is 9.98 Å². The second kappa shape index (κ2) is 20.6. The van der Waals surface area contributed by atoms with Crippen molar-refractivity contribution in [3.05, 3.63) is 11.4 Å². The van der Waals surface area contributed by atoms with Crippen LogP contribution in [0.4, 0.5) is 0 Å².